The van der Waals surface area contributed by atoms with Gasteiger partial charge in [0.1, 0.15) is 0 Å². The molecule has 5 heteroatoms. The molecule has 1 N–H and O–H groups in total. The van der Waals surface area contributed by atoms with Crippen LogP contribution in [0.15, 0.2) is 78.0 Å². The van der Waals surface area contributed by atoms with Crippen LogP contribution in [0, 0.1) is 0 Å². The lowest BCUT2D eigenvalue weighted by atomic mass is 10.2. The third kappa shape index (κ3) is 4.72. The Labute approximate surface area is 155 Å². The van der Waals surface area contributed by atoms with Gasteiger partial charge in [0.25, 0.3) is 0 Å². The van der Waals surface area contributed by atoms with E-state index in [0.29, 0.717) is 0 Å². The Kier molecular flexibility index (Phi) is 6.04. The minimum atomic E-state index is 0.812. The predicted molar refractivity (Wildman–Crippen MR) is 107 cm³/mol. The van der Waals surface area contributed by atoms with Gasteiger partial charge in [0.05, 0.1) is 11.9 Å². The largest absolute Gasteiger partial charge is 0.356 e. The number of nitrogens with one attached hydrogen (secondary N) is 1. The van der Waals surface area contributed by atoms with Gasteiger partial charge in [0, 0.05) is 33.4 Å². The Balaban J connectivity index is 1.51. The third-order valence-electron chi connectivity index (χ3n) is 4.19. The Morgan fingerprint density at radius 1 is 1.04 bits per heavy atom. The second-order valence-electron chi connectivity index (χ2n) is 6.19. The topological polar surface area (TPSA) is 45.5 Å². The van der Waals surface area contributed by atoms with Crippen LogP contribution < -0.4 is 5.32 Å². The predicted octanol–water partition coefficient (Wildman–Crippen LogP) is 3.12. The number of nitrogens with zero attached hydrogens (tertiary/aromatic N) is 4. The number of aromatic nitrogens is 2. The van der Waals surface area contributed by atoms with E-state index < -0.39 is 0 Å². The van der Waals surface area contributed by atoms with E-state index in [0.717, 1.165) is 31.2 Å². The van der Waals surface area contributed by atoms with Crippen molar-refractivity contribution in [2.24, 2.45) is 4.99 Å². The highest BCUT2D eigenvalue weighted by molar-refractivity contribution is 5.79. The van der Waals surface area contributed by atoms with Crippen molar-refractivity contribution < 1.29 is 0 Å². The smallest absolute Gasteiger partial charge is 0.193 e. The lowest BCUT2D eigenvalue weighted by Gasteiger charge is -2.22. The summed E-state index contributed by atoms with van der Waals surface area (Å²) in [6.07, 6.45) is 4.89. The summed E-state index contributed by atoms with van der Waals surface area (Å²) in [5.41, 5.74) is 3.54. The normalized spacial score (nSPS) is 11.4. The van der Waals surface area contributed by atoms with Gasteiger partial charge < -0.3 is 10.2 Å². The van der Waals surface area contributed by atoms with Gasteiger partial charge in [-0.15, -0.1) is 0 Å². The molecule has 0 aliphatic heterocycles. The molecular weight excluding hydrogens is 322 g/mol. The summed E-state index contributed by atoms with van der Waals surface area (Å²) in [7, 11) is 3.87. The fourth-order valence-electron chi connectivity index (χ4n) is 2.85. The van der Waals surface area contributed by atoms with Crippen LogP contribution in [0.5, 0.6) is 0 Å². The number of para-hydroxylation sites is 1. The van der Waals surface area contributed by atoms with Gasteiger partial charge in [0.2, 0.25) is 0 Å². The summed E-state index contributed by atoms with van der Waals surface area (Å²) < 4.78 is 1.91. The maximum Gasteiger partial charge on any atom is 0.193 e. The molecule has 0 fully saturated rings. The number of benzene rings is 2. The van der Waals surface area contributed by atoms with Crippen LogP contribution in [-0.4, -0.2) is 41.3 Å². The summed E-state index contributed by atoms with van der Waals surface area (Å²) in [6.45, 7) is 1.64. The number of rotatable bonds is 6. The standard InChI is InChI=1S/C21H25N5/c1-22-21(25(2)16-18-9-5-3-6-10-18)23-14-13-19-15-24-26(17-19)20-11-7-4-8-12-20/h3-12,15,17H,13-14,16H2,1-2H3,(H,22,23). The van der Waals surface area contributed by atoms with Gasteiger partial charge in [-0.3, -0.25) is 4.99 Å². The number of aliphatic imine (C=N–C) groups is 1. The molecule has 0 radical (unpaired) electrons. The van der Waals surface area contributed by atoms with E-state index in [9.17, 15) is 0 Å². The molecule has 0 atom stereocenters. The summed E-state index contributed by atoms with van der Waals surface area (Å²) in [4.78, 5) is 6.51. The zero-order valence-corrected chi connectivity index (χ0v) is 15.3. The molecule has 0 saturated heterocycles. The van der Waals surface area contributed by atoms with E-state index in [1.165, 1.54) is 11.1 Å². The van der Waals surface area contributed by atoms with Gasteiger partial charge >= 0.3 is 0 Å². The first-order chi connectivity index (χ1) is 12.8. The van der Waals surface area contributed by atoms with Gasteiger partial charge in [-0.25, -0.2) is 4.68 Å². The second kappa shape index (κ2) is 8.85. The van der Waals surface area contributed by atoms with E-state index in [-0.39, 0.29) is 0 Å². The molecule has 0 unspecified atom stereocenters. The molecule has 3 rings (SSSR count). The number of hydrogen-bond donors (Lipinski definition) is 1. The average molecular weight is 347 g/mol. The van der Waals surface area contributed by atoms with Crippen molar-refractivity contribution in [1.29, 1.82) is 0 Å². The SMILES string of the molecule is CN=C(NCCc1cnn(-c2ccccc2)c1)N(C)Cc1ccccc1. The van der Waals surface area contributed by atoms with Crippen LogP contribution in [0.1, 0.15) is 11.1 Å². The van der Waals surface area contributed by atoms with E-state index in [4.69, 9.17) is 0 Å². The van der Waals surface area contributed by atoms with Gasteiger partial charge in [-0.05, 0) is 29.7 Å². The highest BCUT2D eigenvalue weighted by atomic mass is 15.3. The van der Waals surface area contributed by atoms with Crippen molar-refractivity contribution in [3.63, 3.8) is 0 Å². The molecule has 0 aliphatic carbocycles. The molecule has 5 nitrogen and oxygen atoms in total. The van der Waals surface area contributed by atoms with Crippen LogP contribution in [0.4, 0.5) is 0 Å². The van der Waals surface area contributed by atoms with Gasteiger partial charge in [-0.1, -0.05) is 48.5 Å². The Hall–Kier alpha value is -3.08. The first kappa shape index (κ1) is 17.7. The minimum Gasteiger partial charge on any atom is -0.356 e. The lowest BCUT2D eigenvalue weighted by Crippen LogP contribution is -2.39. The molecule has 1 heterocycles. The van der Waals surface area contributed by atoms with Crippen molar-refractivity contribution in [2.45, 2.75) is 13.0 Å². The fourth-order valence-corrected chi connectivity index (χ4v) is 2.85. The van der Waals surface area contributed by atoms with Crippen molar-refractivity contribution in [1.82, 2.24) is 20.0 Å². The van der Waals surface area contributed by atoms with E-state index in [1.54, 1.807) is 0 Å². The molecule has 0 aliphatic rings. The van der Waals surface area contributed by atoms with Crippen LogP contribution in [-0.2, 0) is 13.0 Å². The first-order valence-corrected chi connectivity index (χ1v) is 8.81. The van der Waals surface area contributed by atoms with Crippen LogP contribution >= 0.6 is 0 Å². The quantitative estimate of drug-likeness (QED) is 0.550. The zero-order chi connectivity index (χ0) is 18.2. The molecule has 0 bridgehead atoms. The van der Waals surface area contributed by atoms with Crippen LogP contribution in [0.25, 0.3) is 5.69 Å². The molecular formula is C21H25N5. The van der Waals surface area contributed by atoms with Gasteiger partial charge in [0.15, 0.2) is 5.96 Å². The molecule has 26 heavy (non-hydrogen) atoms. The van der Waals surface area contributed by atoms with Gasteiger partial charge in [-0.2, -0.15) is 5.10 Å². The van der Waals surface area contributed by atoms with E-state index in [2.05, 4.69) is 70.0 Å². The van der Waals surface area contributed by atoms with Crippen molar-refractivity contribution in [2.75, 3.05) is 20.6 Å². The van der Waals surface area contributed by atoms with Crippen LogP contribution in [0.2, 0.25) is 0 Å². The number of guanidine groups is 1. The molecule has 1 aromatic heterocycles. The van der Waals surface area contributed by atoms with Crippen molar-refractivity contribution >= 4 is 5.96 Å². The lowest BCUT2D eigenvalue weighted by molar-refractivity contribution is 0.477. The van der Waals surface area contributed by atoms with Crippen molar-refractivity contribution in [3.05, 3.63) is 84.2 Å². The third-order valence-corrected chi connectivity index (χ3v) is 4.19. The summed E-state index contributed by atoms with van der Waals surface area (Å²) >= 11 is 0. The number of hydrogen-bond acceptors (Lipinski definition) is 2. The molecule has 2 aromatic carbocycles. The van der Waals surface area contributed by atoms with E-state index in [1.807, 2.05) is 42.2 Å². The maximum atomic E-state index is 4.44. The molecule has 134 valence electrons. The second-order valence-corrected chi connectivity index (χ2v) is 6.19. The Morgan fingerprint density at radius 2 is 1.73 bits per heavy atom. The monoisotopic (exact) mass is 347 g/mol. The summed E-state index contributed by atoms with van der Waals surface area (Å²) in [5.74, 6) is 0.893. The summed E-state index contributed by atoms with van der Waals surface area (Å²) in [5, 5.41) is 7.87. The first-order valence-electron chi connectivity index (χ1n) is 8.81. The zero-order valence-electron chi connectivity index (χ0n) is 15.3. The fraction of sp³-hybridized carbons (Fsp3) is 0.238. The summed E-state index contributed by atoms with van der Waals surface area (Å²) in [6, 6.07) is 20.6. The average Bonchev–Trinajstić information content (AvgIpc) is 3.15. The highest BCUT2D eigenvalue weighted by Crippen LogP contribution is 2.08. The maximum absolute atomic E-state index is 4.44. The molecule has 0 spiro atoms. The Morgan fingerprint density at radius 3 is 2.42 bits per heavy atom. The van der Waals surface area contributed by atoms with Crippen molar-refractivity contribution in [3.8, 4) is 5.69 Å². The highest BCUT2D eigenvalue weighted by Gasteiger charge is 2.07. The van der Waals surface area contributed by atoms with E-state index >= 15 is 0 Å². The Bertz CT molecular complexity index is 824. The minimum absolute atomic E-state index is 0.812. The van der Waals surface area contributed by atoms with Crippen LogP contribution in [0.3, 0.4) is 0 Å². The molecule has 0 amide bonds. The molecule has 0 saturated carbocycles. The molecule has 3 aromatic rings.